The van der Waals surface area contributed by atoms with Crippen molar-refractivity contribution < 1.29 is 9.59 Å². The van der Waals surface area contributed by atoms with Crippen LogP contribution >= 0.6 is 27.3 Å². The van der Waals surface area contributed by atoms with Crippen molar-refractivity contribution in [2.75, 3.05) is 13.1 Å². The number of nitrogens with zero attached hydrogens (tertiary/aromatic N) is 1. The van der Waals surface area contributed by atoms with Gasteiger partial charge in [0.25, 0.3) is 0 Å². The van der Waals surface area contributed by atoms with Gasteiger partial charge < -0.3 is 15.5 Å². The molecule has 3 amide bonds. The van der Waals surface area contributed by atoms with Crippen LogP contribution in [0, 0.1) is 0 Å². The number of thiophene rings is 1. The molecule has 0 radical (unpaired) electrons. The van der Waals surface area contributed by atoms with E-state index in [1.54, 1.807) is 11.3 Å². The fourth-order valence-electron chi connectivity index (χ4n) is 2.79. The second-order valence-electron chi connectivity index (χ2n) is 5.92. The predicted molar refractivity (Wildman–Crippen MR) is 102 cm³/mol. The number of hydrogen-bond acceptors (Lipinski definition) is 3. The average Bonchev–Trinajstić information content (AvgIpc) is 3.07. The zero-order valence-corrected chi connectivity index (χ0v) is 16.2. The lowest BCUT2D eigenvalue weighted by atomic mass is 10.1. The van der Waals surface area contributed by atoms with Crippen molar-refractivity contribution in [1.29, 1.82) is 0 Å². The number of carbonyl (C=O) groups excluding carboxylic acids is 2. The van der Waals surface area contributed by atoms with E-state index in [0.29, 0.717) is 26.1 Å². The number of rotatable bonds is 5. The average molecular weight is 422 g/mol. The highest BCUT2D eigenvalue weighted by Gasteiger charge is 2.21. The fourth-order valence-corrected chi connectivity index (χ4v) is 4.13. The molecule has 5 nitrogen and oxygen atoms in total. The quantitative estimate of drug-likeness (QED) is 0.777. The largest absolute Gasteiger partial charge is 0.338 e. The number of nitrogens with one attached hydrogen (secondary N) is 2. The standard InChI is InChI=1S/C18H20BrN3O2S/c19-15-3-1-2-13(10-15)11-21-18(24)20-7-4-17(23)22-8-5-16-14(12-22)6-9-25-16/h1-3,6,9-10H,4-5,7-8,11-12H2,(H2,20,21,24). The van der Waals surface area contributed by atoms with Crippen molar-refractivity contribution in [3.63, 3.8) is 0 Å². The molecule has 0 bridgehead atoms. The third kappa shape index (κ3) is 5.06. The van der Waals surface area contributed by atoms with Gasteiger partial charge in [0, 0.05) is 41.9 Å². The summed E-state index contributed by atoms with van der Waals surface area (Å²) in [5, 5.41) is 7.62. The van der Waals surface area contributed by atoms with Crippen LogP contribution in [0.25, 0.3) is 0 Å². The molecule has 1 aliphatic rings. The van der Waals surface area contributed by atoms with Gasteiger partial charge in [0.2, 0.25) is 5.91 Å². The first-order chi connectivity index (χ1) is 12.1. The number of fused-ring (bicyclic) bond motifs is 1. The summed E-state index contributed by atoms with van der Waals surface area (Å²) in [7, 11) is 0. The highest BCUT2D eigenvalue weighted by molar-refractivity contribution is 9.10. The molecule has 1 aliphatic heterocycles. The van der Waals surface area contributed by atoms with Crippen LogP contribution in [0.15, 0.2) is 40.2 Å². The molecule has 1 aromatic heterocycles. The lowest BCUT2D eigenvalue weighted by Gasteiger charge is -2.27. The summed E-state index contributed by atoms with van der Waals surface area (Å²) in [6, 6.07) is 9.60. The van der Waals surface area contributed by atoms with Gasteiger partial charge in [-0.15, -0.1) is 11.3 Å². The van der Waals surface area contributed by atoms with Crippen LogP contribution in [0.3, 0.4) is 0 Å². The van der Waals surface area contributed by atoms with Crippen molar-refractivity contribution in [3.05, 3.63) is 56.2 Å². The van der Waals surface area contributed by atoms with Crippen LogP contribution in [0.4, 0.5) is 4.79 Å². The fraction of sp³-hybridized carbons (Fsp3) is 0.333. The number of carbonyl (C=O) groups is 2. The molecule has 7 heteroatoms. The predicted octanol–water partition coefficient (Wildman–Crippen LogP) is 3.28. The van der Waals surface area contributed by atoms with E-state index in [-0.39, 0.29) is 11.9 Å². The van der Waals surface area contributed by atoms with E-state index in [2.05, 4.69) is 38.0 Å². The second kappa shape index (κ2) is 8.49. The van der Waals surface area contributed by atoms with Gasteiger partial charge in [-0.1, -0.05) is 28.1 Å². The van der Waals surface area contributed by atoms with Crippen LogP contribution in [-0.2, 0) is 24.3 Å². The highest BCUT2D eigenvalue weighted by atomic mass is 79.9. The third-order valence-corrected chi connectivity index (χ3v) is 5.64. The minimum Gasteiger partial charge on any atom is -0.338 e. The van der Waals surface area contributed by atoms with Crippen LogP contribution in [-0.4, -0.2) is 29.9 Å². The zero-order valence-electron chi connectivity index (χ0n) is 13.8. The molecule has 2 N–H and O–H groups in total. The maximum Gasteiger partial charge on any atom is 0.315 e. The second-order valence-corrected chi connectivity index (χ2v) is 7.84. The summed E-state index contributed by atoms with van der Waals surface area (Å²) in [4.78, 5) is 27.4. The molecule has 1 aromatic carbocycles. The third-order valence-electron chi connectivity index (χ3n) is 4.13. The minimum atomic E-state index is -0.258. The topological polar surface area (TPSA) is 61.4 Å². The van der Waals surface area contributed by atoms with Gasteiger partial charge in [-0.25, -0.2) is 4.79 Å². The van der Waals surface area contributed by atoms with Gasteiger partial charge in [0.05, 0.1) is 0 Å². The summed E-state index contributed by atoms with van der Waals surface area (Å²) in [6.07, 6.45) is 1.25. The van der Waals surface area contributed by atoms with Crippen molar-refractivity contribution in [3.8, 4) is 0 Å². The maximum absolute atomic E-state index is 12.3. The van der Waals surface area contributed by atoms with E-state index in [0.717, 1.165) is 23.0 Å². The summed E-state index contributed by atoms with van der Waals surface area (Å²) < 4.78 is 0.980. The zero-order chi connectivity index (χ0) is 17.6. The molecule has 0 fully saturated rings. The molecule has 0 aliphatic carbocycles. The van der Waals surface area contributed by atoms with Gasteiger partial charge in [0.1, 0.15) is 0 Å². The summed E-state index contributed by atoms with van der Waals surface area (Å²) in [5.74, 6) is 0.0872. The van der Waals surface area contributed by atoms with Gasteiger partial charge in [-0.2, -0.15) is 0 Å². The molecular weight excluding hydrogens is 402 g/mol. The Hall–Kier alpha value is -1.86. The Morgan fingerprint density at radius 1 is 1.24 bits per heavy atom. The lowest BCUT2D eigenvalue weighted by Crippen LogP contribution is -2.40. The van der Waals surface area contributed by atoms with Crippen molar-refractivity contribution in [1.82, 2.24) is 15.5 Å². The first-order valence-electron chi connectivity index (χ1n) is 8.21. The maximum atomic E-state index is 12.3. The van der Waals surface area contributed by atoms with E-state index >= 15 is 0 Å². The molecule has 0 unspecified atom stereocenters. The molecular formula is C18H20BrN3O2S. The molecule has 2 heterocycles. The van der Waals surface area contributed by atoms with Crippen molar-refractivity contribution in [2.45, 2.75) is 25.9 Å². The van der Waals surface area contributed by atoms with Gasteiger partial charge in [-0.05, 0) is 41.1 Å². The van der Waals surface area contributed by atoms with E-state index in [1.165, 1.54) is 10.4 Å². The lowest BCUT2D eigenvalue weighted by molar-refractivity contribution is -0.131. The first-order valence-corrected chi connectivity index (χ1v) is 9.88. The SMILES string of the molecule is O=C(NCCC(=O)N1CCc2sccc2C1)NCc1cccc(Br)c1. The number of halogens is 1. The Kier molecular flexibility index (Phi) is 6.09. The number of urea groups is 1. The Morgan fingerprint density at radius 2 is 2.12 bits per heavy atom. The minimum absolute atomic E-state index is 0.0872. The van der Waals surface area contributed by atoms with Gasteiger partial charge in [-0.3, -0.25) is 4.79 Å². The van der Waals surface area contributed by atoms with Crippen LogP contribution in [0.1, 0.15) is 22.4 Å². The van der Waals surface area contributed by atoms with Gasteiger partial charge in [0.15, 0.2) is 0 Å². The molecule has 0 saturated heterocycles. The summed E-state index contributed by atoms with van der Waals surface area (Å²) in [6.45, 7) is 2.25. The molecule has 132 valence electrons. The van der Waals surface area contributed by atoms with Crippen LogP contribution in [0.2, 0.25) is 0 Å². The Morgan fingerprint density at radius 3 is 2.96 bits per heavy atom. The summed E-state index contributed by atoms with van der Waals surface area (Å²) >= 11 is 5.16. The highest BCUT2D eigenvalue weighted by Crippen LogP contribution is 2.24. The molecule has 2 aromatic rings. The number of benzene rings is 1. The smallest absolute Gasteiger partial charge is 0.315 e. The Labute approximate surface area is 159 Å². The molecule has 3 rings (SSSR count). The monoisotopic (exact) mass is 421 g/mol. The van der Waals surface area contributed by atoms with Crippen molar-refractivity contribution >= 4 is 39.2 Å². The van der Waals surface area contributed by atoms with E-state index < -0.39 is 0 Å². The number of hydrogen-bond donors (Lipinski definition) is 2. The Balaban J connectivity index is 1.36. The molecule has 0 saturated carbocycles. The van der Waals surface area contributed by atoms with Crippen LogP contribution in [0.5, 0.6) is 0 Å². The molecule has 0 atom stereocenters. The molecule has 0 spiro atoms. The summed E-state index contributed by atoms with van der Waals surface area (Å²) in [5.41, 5.74) is 2.27. The van der Waals surface area contributed by atoms with E-state index in [9.17, 15) is 9.59 Å². The van der Waals surface area contributed by atoms with E-state index in [1.807, 2.05) is 29.2 Å². The Bertz CT molecular complexity index is 762. The first kappa shape index (κ1) is 17.9. The van der Waals surface area contributed by atoms with Crippen molar-refractivity contribution in [2.24, 2.45) is 0 Å². The van der Waals surface area contributed by atoms with Crippen LogP contribution < -0.4 is 10.6 Å². The van der Waals surface area contributed by atoms with E-state index in [4.69, 9.17) is 0 Å². The van der Waals surface area contributed by atoms with Gasteiger partial charge >= 0.3 is 6.03 Å². The normalized spacial score (nSPS) is 13.2. The number of amides is 3. The molecule has 25 heavy (non-hydrogen) atoms.